The quantitative estimate of drug-likeness (QED) is 0.178. The molecule has 0 aliphatic heterocycles. The van der Waals surface area contributed by atoms with Crippen LogP contribution < -0.4 is 5.32 Å². The third kappa shape index (κ3) is 6.43. The van der Waals surface area contributed by atoms with E-state index in [0.29, 0.717) is 18.2 Å². The Bertz CT molecular complexity index is 1920. The lowest BCUT2D eigenvalue weighted by Gasteiger charge is -2.16. The van der Waals surface area contributed by atoms with Crippen LogP contribution in [0.4, 0.5) is 26.3 Å². The molecule has 4 aromatic carbocycles. The molecule has 5 rings (SSSR count). The summed E-state index contributed by atoms with van der Waals surface area (Å²) >= 11 is 0. The number of hydrogen-bond donors (Lipinski definition) is 2. The third-order valence-corrected chi connectivity index (χ3v) is 7.85. The summed E-state index contributed by atoms with van der Waals surface area (Å²) < 4.78 is 81.6. The highest BCUT2D eigenvalue weighted by Crippen LogP contribution is 2.37. The zero-order chi connectivity index (χ0) is 32.7. The van der Waals surface area contributed by atoms with Crippen molar-refractivity contribution in [2.24, 2.45) is 0 Å². The topological polar surface area (TPSA) is 71.3 Å². The van der Waals surface area contributed by atoms with Crippen LogP contribution in [-0.2, 0) is 25.4 Å². The number of rotatable bonds is 7. The minimum absolute atomic E-state index is 0.0465. The van der Waals surface area contributed by atoms with E-state index in [-0.39, 0.29) is 17.2 Å². The first-order valence-electron chi connectivity index (χ1n) is 13.7. The molecule has 0 aliphatic carbocycles. The van der Waals surface area contributed by atoms with E-state index in [1.54, 1.807) is 36.4 Å². The van der Waals surface area contributed by atoms with Crippen molar-refractivity contribution in [3.63, 3.8) is 0 Å². The third-order valence-electron chi connectivity index (χ3n) is 7.85. The second kappa shape index (κ2) is 11.8. The number of nitrogens with zero attached hydrogens (tertiary/aromatic N) is 1. The Balaban J connectivity index is 1.36. The second-order valence-electron chi connectivity index (χ2n) is 10.6. The van der Waals surface area contributed by atoms with Crippen molar-refractivity contribution in [1.29, 1.82) is 0 Å². The van der Waals surface area contributed by atoms with Crippen molar-refractivity contribution in [3.05, 3.63) is 130 Å². The summed E-state index contributed by atoms with van der Waals surface area (Å²) in [5.74, 6) is -1.69. The highest BCUT2D eigenvalue weighted by molar-refractivity contribution is 5.99. The smallest absolute Gasteiger partial charge is 0.416 e. The normalized spacial score (nSPS) is 12.0. The zero-order valence-electron chi connectivity index (χ0n) is 24.0. The van der Waals surface area contributed by atoms with Gasteiger partial charge in [-0.3, -0.25) is 4.79 Å². The highest BCUT2D eigenvalue weighted by Gasteiger charge is 2.38. The van der Waals surface area contributed by atoms with E-state index in [1.165, 1.54) is 6.07 Å². The summed E-state index contributed by atoms with van der Waals surface area (Å²) in [7, 11) is 0. The number of nitrogens with one attached hydrogen (secondary N) is 1. The van der Waals surface area contributed by atoms with Crippen LogP contribution in [0.2, 0.25) is 0 Å². The lowest BCUT2D eigenvalue weighted by Crippen LogP contribution is -2.25. The summed E-state index contributed by atoms with van der Waals surface area (Å²) in [6.07, 6.45) is -9.98. The van der Waals surface area contributed by atoms with Crippen LogP contribution in [0.1, 0.15) is 54.2 Å². The molecule has 45 heavy (non-hydrogen) atoms. The number of amides is 1. The fraction of sp³-hybridized carbons (Fsp3) is 0.176. The van der Waals surface area contributed by atoms with E-state index in [1.807, 2.05) is 38.1 Å². The molecule has 0 fully saturated rings. The van der Waals surface area contributed by atoms with Gasteiger partial charge in [-0.2, -0.15) is 26.3 Å². The maximum Gasteiger partial charge on any atom is 0.416 e. The van der Waals surface area contributed by atoms with Gasteiger partial charge in [0.1, 0.15) is 0 Å². The maximum absolute atomic E-state index is 13.5. The van der Waals surface area contributed by atoms with E-state index in [2.05, 4.69) is 9.88 Å². The molecular formula is C34H26F6N2O3. The SMILES string of the molecule is Cc1c(C)n(Cc2ccc(-c3ccccc3C(=O)O)cc2)c2ccc(C(=O)NCc3ccc(C(F)(F)F)cc3C(F)(F)F)cc12. The molecule has 1 aromatic heterocycles. The fourth-order valence-corrected chi connectivity index (χ4v) is 5.34. The van der Waals surface area contributed by atoms with Gasteiger partial charge in [-0.25, -0.2) is 4.79 Å². The van der Waals surface area contributed by atoms with E-state index < -0.39 is 47.5 Å². The van der Waals surface area contributed by atoms with Gasteiger partial charge in [-0.1, -0.05) is 48.5 Å². The largest absolute Gasteiger partial charge is 0.478 e. The Morgan fingerprint density at radius 3 is 2.16 bits per heavy atom. The second-order valence-corrected chi connectivity index (χ2v) is 10.6. The lowest BCUT2D eigenvalue weighted by molar-refractivity contribution is -0.143. The first kappa shape index (κ1) is 31.4. The van der Waals surface area contributed by atoms with E-state index >= 15 is 0 Å². The van der Waals surface area contributed by atoms with Crippen molar-refractivity contribution in [2.75, 3.05) is 0 Å². The molecule has 5 nitrogen and oxygen atoms in total. The van der Waals surface area contributed by atoms with Crippen LogP contribution in [0.5, 0.6) is 0 Å². The van der Waals surface area contributed by atoms with E-state index in [0.717, 1.165) is 39.4 Å². The maximum atomic E-state index is 13.5. The number of benzene rings is 4. The molecule has 0 aliphatic rings. The fourth-order valence-electron chi connectivity index (χ4n) is 5.34. The van der Waals surface area contributed by atoms with Gasteiger partial charge < -0.3 is 15.0 Å². The van der Waals surface area contributed by atoms with Gasteiger partial charge in [0.05, 0.1) is 16.7 Å². The van der Waals surface area contributed by atoms with Crippen LogP contribution in [0, 0.1) is 13.8 Å². The molecule has 5 aromatic rings. The molecule has 0 unspecified atom stereocenters. The number of carbonyl (C=O) groups is 2. The lowest BCUT2D eigenvalue weighted by atomic mass is 9.99. The molecule has 11 heteroatoms. The molecule has 1 heterocycles. The van der Waals surface area contributed by atoms with Gasteiger partial charge in [0, 0.05) is 35.2 Å². The number of alkyl halides is 6. The highest BCUT2D eigenvalue weighted by atomic mass is 19.4. The number of fused-ring (bicyclic) bond motifs is 1. The number of carboxylic acid groups (broad SMARTS) is 1. The van der Waals surface area contributed by atoms with Gasteiger partial charge >= 0.3 is 18.3 Å². The Morgan fingerprint density at radius 2 is 1.51 bits per heavy atom. The Hall–Kier alpha value is -5.06. The molecule has 0 radical (unpaired) electrons. The molecule has 2 N–H and O–H groups in total. The molecule has 0 saturated carbocycles. The molecule has 0 spiro atoms. The van der Waals surface area contributed by atoms with Crippen molar-refractivity contribution in [3.8, 4) is 11.1 Å². The minimum Gasteiger partial charge on any atom is -0.478 e. The molecule has 232 valence electrons. The van der Waals surface area contributed by atoms with Gasteiger partial charge in [0.2, 0.25) is 0 Å². The summed E-state index contributed by atoms with van der Waals surface area (Å²) in [5, 5.41) is 12.7. The number of hydrogen-bond acceptors (Lipinski definition) is 2. The van der Waals surface area contributed by atoms with Gasteiger partial charge in [0.15, 0.2) is 0 Å². The number of aromatic nitrogens is 1. The van der Waals surface area contributed by atoms with Crippen LogP contribution in [-0.4, -0.2) is 21.6 Å². The average molecular weight is 625 g/mol. The van der Waals surface area contributed by atoms with Crippen LogP contribution in [0.25, 0.3) is 22.0 Å². The van der Waals surface area contributed by atoms with Crippen LogP contribution in [0.15, 0.2) is 84.9 Å². The Morgan fingerprint density at radius 1 is 0.822 bits per heavy atom. The monoisotopic (exact) mass is 624 g/mol. The average Bonchev–Trinajstić information content (AvgIpc) is 3.23. The zero-order valence-corrected chi connectivity index (χ0v) is 24.0. The standard InChI is InChI=1S/C34H26F6N2O3/c1-19-20(2)42(18-21-7-9-22(10-8-21)26-5-3-4-6-27(26)32(44)45)30-14-12-23(15-28(19)30)31(43)41-17-24-11-13-25(33(35,36)37)16-29(24)34(38,39)40/h3-16H,17-18H2,1-2H3,(H,41,43)(H,44,45). The number of carbonyl (C=O) groups excluding carboxylic acids is 1. The first-order chi connectivity index (χ1) is 21.1. The predicted molar refractivity (Wildman–Crippen MR) is 157 cm³/mol. The summed E-state index contributed by atoms with van der Waals surface area (Å²) in [6, 6.07) is 20.5. The Kier molecular flexibility index (Phi) is 8.22. The summed E-state index contributed by atoms with van der Waals surface area (Å²) in [6.45, 7) is 3.68. The summed E-state index contributed by atoms with van der Waals surface area (Å²) in [4.78, 5) is 24.6. The van der Waals surface area contributed by atoms with Gasteiger partial charge in [0.25, 0.3) is 5.91 Å². The predicted octanol–water partition coefficient (Wildman–Crippen LogP) is 8.64. The van der Waals surface area contributed by atoms with Crippen molar-refractivity contribution in [1.82, 2.24) is 9.88 Å². The number of aromatic carboxylic acids is 1. The molecule has 0 saturated heterocycles. The number of carboxylic acids is 1. The van der Waals surface area contributed by atoms with Crippen molar-refractivity contribution < 1.29 is 41.0 Å². The van der Waals surface area contributed by atoms with Crippen LogP contribution in [0.3, 0.4) is 0 Å². The van der Waals surface area contributed by atoms with E-state index in [4.69, 9.17) is 0 Å². The van der Waals surface area contributed by atoms with Gasteiger partial charge in [-0.05, 0) is 78.1 Å². The van der Waals surface area contributed by atoms with Gasteiger partial charge in [-0.15, -0.1) is 0 Å². The molecule has 1 amide bonds. The minimum atomic E-state index is -5.04. The number of halogens is 6. The number of aryl methyl sites for hydroxylation is 1. The molecular weight excluding hydrogens is 598 g/mol. The molecule has 0 bridgehead atoms. The van der Waals surface area contributed by atoms with Crippen molar-refractivity contribution in [2.45, 2.75) is 39.3 Å². The molecule has 0 atom stereocenters. The summed E-state index contributed by atoms with van der Waals surface area (Å²) in [5.41, 5.74) is 1.98. The van der Waals surface area contributed by atoms with E-state index in [9.17, 15) is 41.0 Å². The Labute approximate surface area is 253 Å². The van der Waals surface area contributed by atoms with Crippen LogP contribution >= 0.6 is 0 Å². The van der Waals surface area contributed by atoms with Crippen molar-refractivity contribution >= 4 is 22.8 Å². The first-order valence-corrected chi connectivity index (χ1v) is 13.7.